The largest absolute Gasteiger partial charge is 0.352 e. The quantitative estimate of drug-likeness (QED) is 0.802. The molecule has 0 saturated carbocycles. The Morgan fingerprint density at radius 1 is 0.950 bits per heavy atom. The molecule has 2 aromatic rings. The Morgan fingerprint density at radius 3 is 2.40 bits per heavy atom. The maximum Gasteiger partial charge on any atom is 0.352 e. The molecule has 0 aromatic heterocycles. The van der Waals surface area contributed by atoms with Gasteiger partial charge in [-0.05, 0) is 18.2 Å². The third-order valence-electron chi connectivity index (χ3n) is 2.96. The topological polar surface area (TPSA) is 34.4 Å². The molecule has 0 N–H and O–H groups in total. The van der Waals surface area contributed by atoms with Crippen molar-refractivity contribution in [2.24, 2.45) is 0 Å². The number of nitrogens with zero attached hydrogens (tertiary/aromatic N) is 2. The molecule has 1 heterocycles. The van der Waals surface area contributed by atoms with E-state index in [1.807, 2.05) is 30.3 Å². The van der Waals surface area contributed by atoms with Gasteiger partial charge in [-0.25, -0.2) is 4.79 Å². The molecule has 99 valence electrons. The van der Waals surface area contributed by atoms with Crippen LogP contribution in [0.4, 0.5) is 10.5 Å². The Morgan fingerprint density at radius 2 is 1.70 bits per heavy atom. The lowest BCUT2D eigenvalue weighted by atomic mass is 10.1. The van der Waals surface area contributed by atoms with Gasteiger partial charge in [0.15, 0.2) is 0 Å². The molecule has 0 fully saturated rings. The van der Waals surface area contributed by atoms with E-state index in [0.717, 1.165) is 5.56 Å². The van der Waals surface area contributed by atoms with Crippen LogP contribution in [0.15, 0.2) is 54.7 Å². The van der Waals surface area contributed by atoms with E-state index >= 15 is 0 Å². The highest BCUT2D eigenvalue weighted by molar-refractivity contribution is 6.42. The molecule has 1 aliphatic rings. The van der Waals surface area contributed by atoms with E-state index < -0.39 is 0 Å². The normalized spacial score (nSPS) is 14.2. The SMILES string of the molecule is O=C1[N]C=C(c2ccccc2)N1c1ccc(Cl)c(Cl)c1. The number of benzene rings is 2. The minimum Gasteiger partial charge on any atom is -0.259 e. The van der Waals surface area contributed by atoms with Crippen molar-refractivity contribution in [3.05, 3.63) is 70.3 Å². The van der Waals surface area contributed by atoms with E-state index in [-0.39, 0.29) is 6.03 Å². The Hall–Kier alpha value is -1.97. The van der Waals surface area contributed by atoms with Gasteiger partial charge < -0.3 is 0 Å². The summed E-state index contributed by atoms with van der Waals surface area (Å²) >= 11 is 11.9. The van der Waals surface area contributed by atoms with Crippen molar-refractivity contribution in [3.63, 3.8) is 0 Å². The lowest BCUT2D eigenvalue weighted by molar-refractivity contribution is 0.252. The first kappa shape index (κ1) is 13.0. The Kier molecular flexibility index (Phi) is 3.38. The molecule has 0 spiro atoms. The fourth-order valence-corrected chi connectivity index (χ4v) is 2.31. The van der Waals surface area contributed by atoms with E-state index in [1.54, 1.807) is 24.4 Å². The molecular weight excluding hydrogens is 295 g/mol. The lowest BCUT2D eigenvalue weighted by Crippen LogP contribution is -2.26. The molecule has 0 saturated heterocycles. The summed E-state index contributed by atoms with van der Waals surface area (Å²) in [6.45, 7) is 0. The third kappa shape index (κ3) is 2.26. The summed E-state index contributed by atoms with van der Waals surface area (Å²) in [7, 11) is 0. The highest BCUT2D eigenvalue weighted by atomic mass is 35.5. The van der Waals surface area contributed by atoms with Gasteiger partial charge >= 0.3 is 6.03 Å². The van der Waals surface area contributed by atoms with Gasteiger partial charge in [-0.15, -0.1) is 0 Å². The first-order chi connectivity index (χ1) is 9.66. The van der Waals surface area contributed by atoms with Gasteiger partial charge in [0.05, 0.1) is 27.6 Å². The van der Waals surface area contributed by atoms with Crippen LogP contribution >= 0.6 is 23.2 Å². The van der Waals surface area contributed by atoms with Crippen molar-refractivity contribution in [1.29, 1.82) is 0 Å². The minimum absolute atomic E-state index is 0.345. The first-order valence-electron chi connectivity index (χ1n) is 5.92. The van der Waals surface area contributed by atoms with Gasteiger partial charge in [0.1, 0.15) is 0 Å². The summed E-state index contributed by atoms with van der Waals surface area (Å²) in [5.41, 5.74) is 2.27. The number of hydrogen-bond donors (Lipinski definition) is 0. The Bertz CT molecular complexity index is 698. The number of carbonyl (C=O) groups excluding carboxylic acids is 1. The molecule has 0 atom stereocenters. The fraction of sp³-hybridized carbons (Fsp3) is 0. The van der Waals surface area contributed by atoms with Crippen LogP contribution in [-0.4, -0.2) is 6.03 Å². The van der Waals surface area contributed by atoms with Crippen LogP contribution in [0.2, 0.25) is 10.0 Å². The van der Waals surface area contributed by atoms with E-state index in [1.165, 1.54) is 4.90 Å². The number of anilines is 1. The van der Waals surface area contributed by atoms with Gasteiger partial charge in [-0.3, -0.25) is 4.90 Å². The average Bonchev–Trinajstić information content (AvgIpc) is 2.85. The third-order valence-corrected chi connectivity index (χ3v) is 3.70. The Balaban J connectivity index is 2.04. The molecule has 20 heavy (non-hydrogen) atoms. The highest BCUT2D eigenvalue weighted by Gasteiger charge is 2.28. The summed E-state index contributed by atoms with van der Waals surface area (Å²) in [6, 6.07) is 14.3. The first-order valence-corrected chi connectivity index (χ1v) is 6.68. The highest BCUT2D eigenvalue weighted by Crippen LogP contribution is 2.33. The average molecular weight is 304 g/mol. The van der Waals surface area contributed by atoms with Crippen LogP contribution in [-0.2, 0) is 0 Å². The van der Waals surface area contributed by atoms with Crippen LogP contribution in [0.3, 0.4) is 0 Å². The molecule has 0 aliphatic carbocycles. The fourth-order valence-electron chi connectivity index (χ4n) is 2.02. The minimum atomic E-state index is -0.345. The predicted molar refractivity (Wildman–Crippen MR) is 80.9 cm³/mol. The van der Waals surface area contributed by atoms with Crippen molar-refractivity contribution in [2.75, 3.05) is 4.90 Å². The van der Waals surface area contributed by atoms with Gasteiger partial charge in [-0.1, -0.05) is 53.5 Å². The maximum atomic E-state index is 12.0. The zero-order valence-corrected chi connectivity index (χ0v) is 11.8. The molecule has 1 aliphatic heterocycles. The zero-order valence-electron chi connectivity index (χ0n) is 10.3. The summed E-state index contributed by atoms with van der Waals surface area (Å²) < 4.78 is 0. The molecule has 3 nitrogen and oxygen atoms in total. The predicted octanol–water partition coefficient (Wildman–Crippen LogP) is 4.54. The molecule has 0 unspecified atom stereocenters. The van der Waals surface area contributed by atoms with E-state index in [0.29, 0.717) is 21.4 Å². The molecular formula is C15H9Cl2N2O. The Labute approximate surface area is 126 Å². The molecule has 2 aromatic carbocycles. The number of amides is 2. The molecule has 3 rings (SSSR count). The van der Waals surface area contributed by atoms with E-state index in [9.17, 15) is 4.79 Å². The van der Waals surface area contributed by atoms with Crippen molar-refractivity contribution in [1.82, 2.24) is 5.32 Å². The van der Waals surface area contributed by atoms with E-state index in [2.05, 4.69) is 5.32 Å². The number of rotatable bonds is 2. The van der Waals surface area contributed by atoms with Crippen LogP contribution in [0.5, 0.6) is 0 Å². The maximum absolute atomic E-state index is 12.0. The van der Waals surface area contributed by atoms with Crippen LogP contribution in [0, 0.1) is 0 Å². The monoisotopic (exact) mass is 303 g/mol. The van der Waals surface area contributed by atoms with Crippen molar-refractivity contribution in [2.45, 2.75) is 0 Å². The van der Waals surface area contributed by atoms with Gasteiger partial charge in [0.25, 0.3) is 0 Å². The molecule has 0 bridgehead atoms. The van der Waals surface area contributed by atoms with Crippen LogP contribution in [0.25, 0.3) is 5.70 Å². The van der Waals surface area contributed by atoms with Crippen molar-refractivity contribution in [3.8, 4) is 0 Å². The molecule has 2 amide bonds. The second-order valence-corrected chi connectivity index (χ2v) is 5.04. The number of halogens is 2. The zero-order chi connectivity index (χ0) is 14.1. The number of urea groups is 1. The summed E-state index contributed by atoms with van der Waals surface area (Å²) in [4.78, 5) is 13.5. The number of carbonyl (C=O) groups is 1. The van der Waals surface area contributed by atoms with Crippen LogP contribution < -0.4 is 10.2 Å². The number of hydrogen-bond acceptors (Lipinski definition) is 1. The standard InChI is InChI=1S/C15H9Cl2N2O/c16-12-7-6-11(8-13(12)17)19-14(9-18-15(19)20)10-4-2-1-3-5-10/h1-9H. The van der Waals surface area contributed by atoms with Gasteiger partial charge in [0, 0.05) is 5.56 Å². The van der Waals surface area contributed by atoms with Gasteiger partial charge in [0.2, 0.25) is 0 Å². The van der Waals surface area contributed by atoms with Crippen molar-refractivity contribution >= 4 is 40.6 Å². The van der Waals surface area contributed by atoms with E-state index in [4.69, 9.17) is 23.2 Å². The second-order valence-electron chi connectivity index (χ2n) is 4.23. The van der Waals surface area contributed by atoms with Crippen LogP contribution in [0.1, 0.15) is 5.56 Å². The lowest BCUT2D eigenvalue weighted by Gasteiger charge is -2.19. The summed E-state index contributed by atoms with van der Waals surface area (Å²) in [6.07, 6.45) is 1.56. The summed E-state index contributed by atoms with van der Waals surface area (Å²) in [5.74, 6) is 0. The van der Waals surface area contributed by atoms with Gasteiger partial charge in [-0.2, -0.15) is 5.32 Å². The second kappa shape index (κ2) is 5.19. The molecule has 1 radical (unpaired) electrons. The summed E-state index contributed by atoms with van der Waals surface area (Å²) in [5, 5.41) is 4.70. The smallest absolute Gasteiger partial charge is 0.259 e. The molecule has 5 heteroatoms. The van der Waals surface area contributed by atoms with Crippen molar-refractivity contribution < 1.29 is 4.79 Å².